The minimum atomic E-state index is -4.42. The Morgan fingerprint density at radius 1 is 1.08 bits per heavy atom. The van der Waals surface area contributed by atoms with Crippen molar-refractivity contribution in [2.75, 3.05) is 11.9 Å². The Hall–Kier alpha value is -2.76. The molecule has 126 valence electrons. The van der Waals surface area contributed by atoms with Crippen molar-refractivity contribution in [2.24, 2.45) is 0 Å². The average molecular weight is 335 g/mol. The molecule has 0 aliphatic carbocycles. The summed E-state index contributed by atoms with van der Waals surface area (Å²) in [6, 6.07) is 13.4. The van der Waals surface area contributed by atoms with Crippen molar-refractivity contribution in [3.8, 4) is 0 Å². The van der Waals surface area contributed by atoms with Crippen LogP contribution < -0.4 is 5.32 Å². The summed E-state index contributed by atoms with van der Waals surface area (Å²) in [7, 11) is 0. The molecule has 0 heterocycles. The normalized spacial score (nSPS) is 11.9. The van der Waals surface area contributed by atoms with Crippen LogP contribution in [0.5, 0.6) is 0 Å². The SMILES string of the molecule is CCOC(=O)/C(=C\Nc1ccccc1)c1ccc(C(F)(F)F)cc1. The molecule has 24 heavy (non-hydrogen) atoms. The van der Waals surface area contributed by atoms with Crippen LogP contribution >= 0.6 is 0 Å². The second kappa shape index (κ2) is 7.68. The Bertz CT molecular complexity index is 707. The minimum absolute atomic E-state index is 0.148. The molecule has 0 saturated carbocycles. The third-order valence-electron chi connectivity index (χ3n) is 3.18. The number of rotatable bonds is 5. The smallest absolute Gasteiger partial charge is 0.416 e. The van der Waals surface area contributed by atoms with Crippen LogP contribution in [0.25, 0.3) is 5.57 Å². The van der Waals surface area contributed by atoms with Crippen LogP contribution in [0.1, 0.15) is 18.1 Å². The van der Waals surface area contributed by atoms with Gasteiger partial charge in [-0.25, -0.2) is 4.79 Å². The van der Waals surface area contributed by atoms with Crippen LogP contribution in [-0.2, 0) is 15.7 Å². The van der Waals surface area contributed by atoms with Gasteiger partial charge in [0.15, 0.2) is 0 Å². The van der Waals surface area contributed by atoms with E-state index in [-0.39, 0.29) is 12.2 Å². The first-order valence-electron chi connectivity index (χ1n) is 7.28. The first kappa shape index (κ1) is 17.6. The number of ether oxygens (including phenoxy) is 1. The highest BCUT2D eigenvalue weighted by Gasteiger charge is 2.30. The van der Waals surface area contributed by atoms with E-state index < -0.39 is 17.7 Å². The Labute approximate surface area is 137 Å². The molecule has 1 N–H and O–H groups in total. The van der Waals surface area contributed by atoms with E-state index in [0.717, 1.165) is 17.8 Å². The molecule has 2 rings (SSSR count). The molecule has 0 fully saturated rings. The number of carbonyl (C=O) groups is 1. The summed E-state index contributed by atoms with van der Waals surface area (Å²) in [6.45, 7) is 1.83. The van der Waals surface area contributed by atoms with Crippen molar-refractivity contribution in [1.82, 2.24) is 0 Å². The summed E-state index contributed by atoms with van der Waals surface area (Å²) in [5, 5.41) is 2.94. The van der Waals surface area contributed by atoms with E-state index in [0.29, 0.717) is 5.56 Å². The lowest BCUT2D eigenvalue weighted by Crippen LogP contribution is -2.09. The summed E-state index contributed by atoms with van der Waals surface area (Å²) in [6.07, 6.45) is -3.00. The second-order valence-corrected chi connectivity index (χ2v) is 4.86. The number of benzene rings is 2. The van der Waals surface area contributed by atoms with Crippen molar-refractivity contribution in [3.05, 3.63) is 71.9 Å². The molecule has 6 heteroatoms. The van der Waals surface area contributed by atoms with E-state index in [2.05, 4.69) is 5.32 Å². The zero-order valence-corrected chi connectivity index (χ0v) is 12.9. The van der Waals surface area contributed by atoms with E-state index in [9.17, 15) is 18.0 Å². The summed E-state index contributed by atoms with van der Waals surface area (Å²) >= 11 is 0. The second-order valence-electron chi connectivity index (χ2n) is 4.86. The molecule has 2 aromatic rings. The zero-order valence-electron chi connectivity index (χ0n) is 12.9. The Morgan fingerprint density at radius 2 is 1.71 bits per heavy atom. The van der Waals surface area contributed by atoms with Crippen molar-refractivity contribution < 1.29 is 22.7 Å². The predicted molar refractivity (Wildman–Crippen MR) is 86.1 cm³/mol. The molecule has 0 aromatic heterocycles. The van der Waals surface area contributed by atoms with Crippen LogP contribution in [0.4, 0.5) is 18.9 Å². The third kappa shape index (κ3) is 4.62. The molecule has 0 unspecified atom stereocenters. The molecule has 0 aliphatic heterocycles. The van der Waals surface area contributed by atoms with Crippen molar-refractivity contribution >= 4 is 17.2 Å². The lowest BCUT2D eigenvalue weighted by molar-refractivity contribution is -0.137. The van der Waals surface area contributed by atoms with Gasteiger partial charge in [0.25, 0.3) is 0 Å². The van der Waals surface area contributed by atoms with Crippen LogP contribution in [0.2, 0.25) is 0 Å². The van der Waals surface area contributed by atoms with Crippen molar-refractivity contribution in [3.63, 3.8) is 0 Å². The number of carbonyl (C=O) groups excluding carboxylic acids is 1. The molecule has 3 nitrogen and oxygen atoms in total. The maximum Gasteiger partial charge on any atom is 0.416 e. The summed E-state index contributed by atoms with van der Waals surface area (Å²) in [5.41, 5.74) is 0.455. The van der Waals surface area contributed by atoms with E-state index in [1.165, 1.54) is 18.3 Å². The van der Waals surface area contributed by atoms with Gasteiger partial charge in [-0.3, -0.25) is 0 Å². The standard InChI is InChI=1S/C18H16F3NO2/c1-2-24-17(23)16(12-22-15-6-4-3-5-7-15)13-8-10-14(11-9-13)18(19,20)21/h3-12,22H,2H2,1H3/b16-12-. The molecular weight excluding hydrogens is 319 g/mol. The quantitative estimate of drug-likeness (QED) is 0.634. The van der Waals surface area contributed by atoms with Gasteiger partial charge in [-0.2, -0.15) is 13.2 Å². The van der Waals surface area contributed by atoms with Gasteiger partial charge in [-0.15, -0.1) is 0 Å². The molecule has 2 aromatic carbocycles. The first-order valence-corrected chi connectivity index (χ1v) is 7.28. The van der Waals surface area contributed by atoms with Gasteiger partial charge in [0, 0.05) is 11.9 Å². The fraction of sp³-hybridized carbons (Fsp3) is 0.167. The molecule has 0 saturated heterocycles. The monoisotopic (exact) mass is 335 g/mol. The van der Waals surface area contributed by atoms with Gasteiger partial charge in [-0.1, -0.05) is 30.3 Å². The number of anilines is 1. The third-order valence-corrected chi connectivity index (χ3v) is 3.18. The molecule has 0 bridgehead atoms. The van der Waals surface area contributed by atoms with Crippen molar-refractivity contribution in [1.29, 1.82) is 0 Å². The first-order chi connectivity index (χ1) is 11.4. The van der Waals surface area contributed by atoms with E-state index in [1.54, 1.807) is 19.1 Å². The van der Waals surface area contributed by atoms with Crippen LogP contribution in [-0.4, -0.2) is 12.6 Å². The molecule has 0 radical (unpaired) electrons. The summed E-state index contributed by atoms with van der Waals surface area (Å²) in [5.74, 6) is -0.610. The van der Waals surface area contributed by atoms with Gasteiger partial charge < -0.3 is 10.1 Å². The Balaban J connectivity index is 2.30. The highest BCUT2D eigenvalue weighted by atomic mass is 19.4. The van der Waals surface area contributed by atoms with Crippen LogP contribution in [0.3, 0.4) is 0 Å². The highest BCUT2D eigenvalue weighted by molar-refractivity contribution is 6.16. The van der Waals surface area contributed by atoms with Gasteiger partial charge in [0.05, 0.1) is 17.7 Å². The van der Waals surface area contributed by atoms with E-state index >= 15 is 0 Å². The molecule has 0 aliphatic rings. The number of para-hydroxylation sites is 1. The number of hydrogen-bond donors (Lipinski definition) is 1. The lowest BCUT2D eigenvalue weighted by Gasteiger charge is -2.11. The topological polar surface area (TPSA) is 38.3 Å². The number of halogens is 3. The average Bonchev–Trinajstić information content (AvgIpc) is 2.56. The van der Waals surface area contributed by atoms with Crippen molar-refractivity contribution in [2.45, 2.75) is 13.1 Å². The van der Waals surface area contributed by atoms with E-state index in [4.69, 9.17) is 4.74 Å². The molecule has 0 amide bonds. The molecular formula is C18H16F3NO2. The van der Waals surface area contributed by atoms with Gasteiger partial charge in [0.1, 0.15) is 0 Å². The minimum Gasteiger partial charge on any atom is -0.462 e. The maximum atomic E-state index is 12.7. The molecule has 0 atom stereocenters. The van der Waals surface area contributed by atoms with Crippen LogP contribution in [0, 0.1) is 0 Å². The number of nitrogens with one attached hydrogen (secondary N) is 1. The van der Waals surface area contributed by atoms with Gasteiger partial charge in [-0.05, 0) is 36.8 Å². The Kier molecular flexibility index (Phi) is 5.63. The van der Waals surface area contributed by atoms with Gasteiger partial charge >= 0.3 is 12.1 Å². The Morgan fingerprint density at radius 3 is 2.25 bits per heavy atom. The largest absolute Gasteiger partial charge is 0.462 e. The van der Waals surface area contributed by atoms with Crippen LogP contribution in [0.15, 0.2) is 60.8 Å². The molecule has 0 spiro atoms. The highest BCUT2D eigenvalue weighted by Crippen LogP contribution is 2.30. The summed E-state index contributed by atoms with van der Waals surface area (Å²) in [4.78, 5) is 12.1. The van der Waals surface area contributed by atoms with E-state index in [1.807, 2.05) is 18.2 Å². The number of hydrogen-bond acceptors (Lipinski definition) is 3. The van der Waals surface area contributed by atoms with Gasteiger partial charge in [0.2, 0.25) is 0 Å². The summed E-state index contributed by atoms with van der Waals surface area (Å²) < 4.78 is 42.9. The number of alkyl halides is 3. The predicted octanol–water partition coefficient (Wildman–Crippen LogP) is 4.72. The lowest BCUT2D eigenvalue weighted by atomic mass is 10.0. The zero-order chi connectivity index (χ0) is 17.6. The fourth-order valence-electron chi connectivity index (χ4n) is 2.00. The number of esters is 1. The fourth-order valence-corrected chi connectivity index (χ4v) is 2.00. The maximum absolute atomic E-state index is 12.7.